The topological polar surface area (TPSA) is 42.7 Å². The summed E-state index contributed by atoms with van der Waals surface area (Å²) < 4.78 is 1.87. The molecule has 0 bridgehead atoms. The second-order valence-electron chi connectivity index (χ2n) is 3.30. The normalized spacial score (nSPS) is 13.1. The molecule has 0 aliphatic rings. The molecule has 74 valence electrons. The fourth-order valence-electron chi connectivity index (χ4n) is 1.17. The molecular weight excluding hydrogens is 164 g/mol. The maximum atomic E-state index is 4.05. The zero-order chi connectivity index (χ0) is 9.52. The molecule has 0 saturated carbocycles. The van der Waals surface area contributed by atoms with Crippen molar-refractivity contribution in [3.63, 3.8) is 0 Å². The van der Waals surface area contributed by atoms with Gasteiger partial charge in [-0.2, -0.15) is 5.10 Å². The van der Waals surface area contributed by atoms with Gasteiger partial charge < -0.3 is 5.32 Å². The van der Waals surface area contributed by atoms with Crippen LogP contribution >= 0.6 is 0 Å². The van der Waals surface area contributed by atoms with Crippen LogP contribution in [-0.2, 0) is 6.54 Å². The SMILES string of the molecule is CCCNC(C)CCn1cncn1. The highest BCUT2D eigenvalue weighted by Crippen LogP contribution is 1.93. The largest absolute Gasteiger partial charge is 0.314 e. The molecule has 1 N–H and O–H groups in total. The Hall–Kier alpha value is -0.900. The van der Waals surface area contributed by atoms with Crippen LogP contribution in [0.2, 0.25) is 0 Å². The van der Waals surface area contributed by atoms with E-state index in [4.69, 9.17) is 0 Å². The Bertz CT molecular complexity index is 207. The fraction of sp³-hybridized carbons (Fsp3) is 0.778. The molecule has 1 unspecified atom stereocenters. The molecular formula is C9H18N4. The van der Waals surface area contributed by atoms with E-state index in [1.165, 1.54) is 6.42 Å². The van der Waals surface area contributed by atoms with Crippen LogP contribution in [0.5, 0.6) is 0 Å². The van der Waals surface area contributed by atoms with E-state index in [0.29, 0.717) is 6.04 Å². The van der Waals surface area contributed by atoms with Gasteiger partial charge in [-0.15, -0.1) is 0 Å². The molecule has 1 rings (SSSR count). The number of aromatic nitrogens is 3. The van der Waals surface area contributed by atoms with Crippen LogP contribution < -0.4 is 5.32 Å². The quantitative estimate of drug-likeness (QED) is 0.715. The van der Waals surface area contributed by atoms with E-state index in [0.717, 1.165) is 19.5 Å². The molecule has 0 spiro atoms. The second kappa shape index (κ2) is 5.70. The van der Waals surface area contributed by atoms with Crippen LogP contribution in [0.25, 0.3) is 0 Å². The highest BCUT2D eigenvalue weighted by Gasteiger charge is 2.00. The lowest BCUT2D eigenvalue weighted by molar-refractivity contribution is 0.458. The third-order valence-electron chi connectivity index (χ3n) is 2.00. The predicted molar refractivity (Wildman–Crippen MR) is 52.4 cm³/mol. The Morgan fingerprint density at radius 3 is 3.00 bits per heavy atom. The molecule has 0 amide bonds. The summed E-state index contributed by atoms with van der Waals surface area (Å²) in [4.78, 5) is 3.89. The summed E-state index contributed by atoms with van der Waals surface area (Å²) in [6.45, 7) is 6.42. The molecule has 0 saturated heterocycles. The van der Waals surface area contributed by atoms with E-state index >= 15 is 0 Å². The van der Waals surface area contributed by atoms with Crippen LogP contribution in [0.1, 0.15) is 26.7 Å². The van der Waals surface area contributed by atoms with E-state index in [1.807, 2.05) is 4.68 Å². The molecule has 0 aromatic carbocycles. The van der Waals surface area contributed by atoms with Crippen LogP contribution in [0.15, 0.2) is 12.7 Å². The van der Waals surface area contributed by atoms with Crippen molar-refractivity contribution in [2.75, 3.05) is 6.54 Å². The molecule has 1 aromatic heterocycles. The standard InChI is InChI=1S/C9H18N4/c1-3-5-11-9(2)4-6-13-8-10-7-12-13/h7-9,11H,3-6H2,1-2H3. The Balaban J connectivity index is 2.11. The van der Waals surface area contributed by atoms with Crippen LogP contribution in [-0.4, -0.2) is 27.4 Å². The molecule has 13 heavy (non-hydrogen) atoms. The lowest BCUT2D eigenvalue weighted by Gasteiger charge is -2.12. The minimum absolute atomic E-state index is 0.559. The van der Waals surface area contributed by atoms with Gasteiger partial charge in [0.2, 0.25) is 0 Å². The van der Waals surface area contributed by atoms with E-state index < -0.39 is 0 Å². The van der Waals surface area contributed by atoms with Gasteiger partial charge in [-0.25, -0.2) is 4.98 Å². The van der Waals surface area contributed by atoms with Crippen molar-refractivity contribution >= 4 is 0 Å². The average molecular weight is 182 g/mol. The van der Waals surface area contributed by atoms with Crippen LogP contribution in [0, 0.1) is 0 Å². The third-order valence-corrected chi connectivity index (χ3v) is 2.00. The zero-order valence-electron chi connectivity index (χ0n) is 8.40. The van der Waals surface area contributed by atoms with Gasteiger partial charge in [-0.05, 0) is 26.3 Å². The second-order valence-corrected chi connectivity index (χ2v) is 3.30. The first-order valence-corrected chi connectivity index (χ1v) is 4.88. The molecule has 4 heteroatoms. The smallest absolute Gasteiger partial charge is 0.137 e. The van der Waals surface area contributed by atoms with Gasteiger partial charge >= 0.3 is 0 Å². The first kappa shape index (κ1) is 10.2. The summed E-state index contributed by atoms with van der Waals surface area (Å²) in [5.74, 6) is 0. The molecule has 0 radical (unpaired) electrons. The molecule has 1 aromatic rings. The Morgan fingerprint density at radius 2 is 2.38 bits per heavy atom. The first-order valence-electron chi connectivity index (χ1n) is 4.88. The lowest BCUT2D eigenvalue weighted by atomic mass is 10.2. The van der Waals surface area contributed by atoms with Gasteiger partial charge in [0.15, 0.2) is 0 Å². The van der Waals surface area contributed by atoms with E-state index in [2.05, 4.69) is 29.2 Å². The van der Waals surface area contributed by atoms with E-state index in [1.54, 1.807) is 12.7 Å². The van der Waals surface area contributed by atoms with Crippen LogP contribution in [0.4, 0.5) is 0 Å². The van der Waals surface area contributed by atoms with E-state index in [9.17, 15) is 0 Å². The molecule has 0 aliphatic heterocycles. The number of hydrogen-bond donors (Lipinski definition) is 1. The predicted octanol–water partition coefficient (Wildman–Crippen LogP) is 1.06. The Kier molecular flexibility index (Phi) is 4.46. The molecule has 0 aliphatic carbocycles. The van der Waals surface area contributed by atoms with Crippen molar-refractivity contribution < 1.29 is 0 Å². The number of nitrogens with zero attached hydrogens (tertiary/aromatic N) is 3. The van der Waals surface area contributed by atoms with Gasteiger partial charge in [0.05, 0.1) is 0 Å². The number of rotatable bonds is 6. The van der Waals surface area contributed by atoms with Crippen molar-refractivity contribution in [2.24, 2.45) is 0 Å². The van der Waals surface area contributed by atoms with Gasteiger partial charge in [0.25, 0.3) is 0 Å². The highest BCUT2D eigenvalue weighted by atomic mass is 15.3. The van der Waals surface area contributed by atoms with Crippen molar-refractivity contribution in [3.05, 3.63) is 12.7 Å². The molecule has 0 fully saturated rings. The zero-order valence-corrected chi connectivity index (χ0v) is 8.40. The highest BCUT2D eigenvalue weighted by molar-refractivity contribution is 4.62. The Labute approximate surface area is 79.4 Å². The van der Waals surface area contributed by atoms with Gasteiger partial charge in [0.1, 0.15) is 12.7 Å². The fourth-order valence-corrected chi connectivity index (χ4v) is 1.17. The summed E-state index contributed by atoms with van der Waals surface area (Å²) in [5.41, 5.74) is 0. The van der Waals surface area contributed by atoms with Crippen molar-refractivity contribution in [2.45, 2.75) is 39.3 Å². The van der Waals surface area contributed by atoms with Crippen molar-refractivity contribution in [1.82, 2.24) is 20.1 Å². The minimum Gasteiger partial charge on any atom is -0.314 e. The maximum absolute atomic E-state index is 4.05. The summed E-state index contributed by atoms with van der Waals surface area (Å²) in [7, 11) is 0. The molecule has 4 nitrogen and oxygen atoms in total. The van der Waals surface area contributed by atoms with Crippen LogP contribution in [0.3, 0.4) is 0 Å². The summed E-state index contributed by atoms with van der Waals surface area (Å²) in [6, 6.07) is 0.559. The maximum Gasteiger partial charge on any atom is 0.137 e. The van der Waals surface area contributed by atoms with Crippen molar-refractivity contribution in [3.8, 4) is 0 Å². The number of nitrogens with one attached hydrogen (secondary N) is 1. The monoisotopic (exact) mass is 182 g/mol. The third kappa shape index (κ3) is 4.03. The Morgan fingerprint density at radius 1 is 1.54 bits per heavy atom. The summed E-state index contributed by atoms with van der Waals surface area (Å²) in [6.07, 6.45) is 5.62. The minimum atomic E-state index is 0.559. The van der Waals surface area contributed by atoms with Gasteiger partial charge in [-0.3, -0.25) is 4.68 Å². The van der Waals surface area contributed by atoms with Gasteiger partial charge in [0, 0.05) is 12.6 Å². The summed E-state index contributed by atoms with van der Waals surface area (Å²) >= 11 is 0. The molecule has 1 heterocycles. The number of hydrogen-bond acceptors (Lipinski definition) is 3. The average Bonchev–Trinajstić information content (AvgIpc) is 2.64. The first-order chi connectivity index (χ1) is 6.33. The summed E-state index contributed by atoms with van der Waals surface area (Å²) in [5, 5.41) is 7.48. The lowest BCUT2D eigenvalue weighted by Crippen LogP contribution is -2.27. The van der Waals surface area contributed by atoms with E-state index in [-0.39, 0.29) is 0 Å². The van der Waals surface area contributed by atoms with Gasteiger partial charge in [-0.1, -0.05) is 6.92 Å². The molecule has 1 atom stereocenters. The van der Waals surface area contributed by atoms with Crippen molar-refractivity contribution in [1.29, 1.82) is 0 Å². The number of aryl methyl sites for hydroxylation is 1.